The van der Waals surface area contributed by atoms with Gasteiger partial charge >= 0.3 is 0 Å². The topological polar surface area (TPSA) is 32.3 Å². The average molecular weight is 328 g/mol. The molecule has 23 heavy (non-hydrogen) atoms. The van der Waals surface area contributed by atoms with Crippen molar-refractivity contribution < 1.29 is 4.79 Å². The summed E-state index contributed by atoms with van der Waals surface area (Å²) >= 11 is 1.73. The monoisotopic (exact) mass is 328 g/mol. The molecule has 122 valence electrons. The summed E-state index contributed by atoms with van der Waals surface area (Å²) in [6, 6.07) is 8.57. The molecule has 0 saturated carbocycles. The van der Waals surface area contributed by atoms with Gasteiger partial charge in [-0.05, 0) is 74.2 Å². The molecule has 1 fully saturated rings. The highest BCUT2D eigenvalue weighted by atomic mass is 32.1. The fourth-order valence-corrected chi connectivity index (χ4v) is 4.12. The van der Waals surface area contributed by atoms with E-state index in [1.54, 1.807) is 11.3 Å². The van der Waals surface area contributed by atoms with E-state index in [-0.39, 0.29) is 11.9 Å². The van der Waals surface area contributed by atoms with Crippen LogP contribution in [0.2, 0.25) is 0 Å². The minimum Gasteiger partial charge on any atom is -0.324 e. The minimum atomic E-state index is -0.122. The molecule has 0 unspecified atom stereocenters. The van der Waals surface area contributed by atoms with Crippen LogP contribution in [0.5, 0.6) is 0 Å². The van der Waals surface area contributed by atoms with Crippen molar-refractivity contribution in [1.29, 1.82) is 0 Å². The Morgan fingerprint density at radius 3 is 2.87 bits per heavy atom. The van der Waals surface area contributed by atoms with Crippen molar-refractivity contribution in [1.82, 2.24) is 4.90 Å². The Bertz CT molecular complexity index is 681. The van der Waals surface area contributed by atoms with Crippen molar-refractivity contribution in [2.45, 2.75) is 45.7 Å². The van der Waals surface area contributed by atoms with Gasteiger partial charge in [0.05, 0.1) is 6.04 Å². The second-order valence-corrected chi connectivity index (χ2v) is 7.22. The molecular formula is C19H24N2OS. The number of carbonyl (C=O) groups excluding carboxylic acids is 1. The zero-order chi connectivity index (χ0) is 16.4. The first kappa shape index (κ1) is 16.2. The van der Waals surface area contributed by atoms with Gasteiger partial charge in [0, 0.05) is 11.7 Å². The van der Waals surface area contributed by atoms with Crippen LogP contribution in [0, 0.1) is 13.8 Å². The van der Waals surface area contributed by atoms with Crippen molar-refractivity contribution in [3.8, 4) is 0 Å². The van der Waals surface area contributed by atoms with E-state index in [4.69, 9.17) is 0 Å². The first-order valence-electron chi connectivity index (χ1n) is 8.22. The van der Waals surface area contributed by atoms with E-state index in [2.05, 4.69) is 40.0 Å². The summed E-state index contributed by atoms with van der Waals surface area (Å²) in [5.41, 5.74) is 4.59. The molecule has 3 nitrogen and oxygen atoms in total. The van der Waals surface area contributed by atoms with Crippen LogP contribution >= 0.6 is 11.3 Å². The predicted molar refractivity (Wildman–Crippen MR) is 97.0 cm³/mol. The zero-order valence-corrected chi connectivity index (χ0v) is 14.8. The number of benzene rings is 1. The van der Waals surface area contributed by atoms with E-state index in [0.717, 1.165) is 30.6 Å². The van der Waals surface area contributed by atoms with Crippen LogP contribution in [0.4, 0.5) is 5.69 Å². The van der Waals surface area contributed by atoms with E-state index in [9.17, 15) is 4.79 Å². The normalized spacial score (nSPS) is 19.7. The molecule has 0 bridgehead atoms. The molecule has 1 aliphatic heterocycles. The molecule has 1 aliphatic rings. The largest absolute Gasteiger partial charge is 0.324 e. The maximum absolute atomic E-state index is 12.7. The first-order valence-corrected chi connectivity index (χ1v) is 9.16. The number of aryl methyl sites for hydroxylation is 2. The summed E-state index contributed by atoms with van der Waals surface area (Å²) in [6.45, 7) is 7.11. The van der Waals surface area contributed by atoms with Gasteiger partial charge in [0.15, 0.2) is 0 Å². The van der Waals surface area contributed by atoms with Crippen molar-refractivity contribution >= 4 is 22.9 Å². The predicted octanol–water partition coefficient (Wildman–Crippen LogP) is 4.53. The molecule has 0 spiro atoms. The van der Waals surface area contributed by atoms with Crippen LogP contribution in [0.3, 0.4) is 0 Å². The number of amides is 1. The Balaban J connectivity index is 1.71. The third kappa shape index (κ3) is 3.48. The van der Waals surface area contributed by atoms with E-state index in [0.29, 0.717) is 6.04 Å². The number of hydrogen-bond donors (Lipinski definition) is 1. The molecule has 2 atom stereocenters. The van der Waals surface area contributed by atoms with Crippen molar-refractivity contribution in [2.75, 3.05) is 11.9 Å². The molecular weight excluding hydrogens is 304 g/mol. The SMILES string of the molecule is Cc1ccc(NC(=O)[C@H](C)N2CCC[C@@H]2c2ccsc2)c(C)c1. The van der Waals surface area contributed by atoms with Crippen LogP contribution in [0.1, 0.15) is 42.5 Å². The summed E-state index contributed by atoms with van der Waals surface area (Å²) in [5, 5.41) is 7.43. The number of anilines is 1. The van der Waals surface area contributed by atoms with E-state index < -0.39 is 0 Å². The van der Waals surface area contributed by atoms with Crippen molar-refractivity contribution in [3.05, 3.63) is 51.7 Å². The lowest BCUT2D eigenvalue weighted by atomic mass is 10.1. The number of thiophene rings is 1. The average Bonchev–Trinajstić information content (AvgIpc) is 3.19. The smallest absolute Gasteiger partial charge is 0.241 e. The lowest BCUT2D eigenvalue weighted by molar-refractivity contribution is -0.121. The van der Waals surface area contributed by atoms with Crippen molar-refractivity contribution in [3.63, 3.8) is 0 Å². The Labute approximate surface area is 142 Å². The summed E-state index contributed by atoms with van der Waals surface area (Å²) in [7, 11) is 0. The van der Waals surface area contributed by atoms with Crippen LogP contribution in [0.25, 0.3) is 0 Å². The summed E-state index contributed by atoms with van der Waals surface area (Å²) in [4.78, 5) is 15.0. The Morgan fingerprint density at radius 2 is 2.17 bits per heavy atom. The Kier molecular flexibility index (Phi) is 4.83. The number of hydrogen-bond acceptors (Lipinski definition) is 3. The summed E-state index contributed by atoms with van der Waals surface area (Å²) in [5.74, 6) is 0.0825. The van der Waals surface area contributed by atoms with E-state index >= 15 is 0 Å². The maximum Gasteiger partial charge on any atom is 0.241 e. The van der Waals surface area contributed by atoms with E-state index in [1.807, 2.05) is 26.0 Å². The number of carbonyl (C=O) groups is 1. The fourth-order valence-electron chi connectivity index (χ4n) is 3.42. The number of rotatable bonds is 4. The molecule has 4 heteroatoms. The highest BCUT2D eigenvalue weighted by Gasteiger charge is 2.33. The van der Waals surface area contributed by atoms with Crippen LogP contribution in [-0.4, -0.2) is 23.4 Å². The van der Waals surface area contributed by atoms with E-state index in [1.165, 1.54) is 11.1 Å². The quantitative estimate of drug-likeness (QED) is 0.894. The molecule has 3 rings (SSSR count). The Hall–Kier alpha value is -1.65. The van der Waals surface area contributed by atoms with Crippen LogP contribution in [-0.2, 0) is 4.79 Å². The van der Waals surface area contributed by atoms with Gasteiger partial charge < -0.3 is 5.32 Å². The number of nitrogens with one attached hydrogen (secondary N) is 1. The van der Waals surface area contributed by atoms with Gasteiger partial charge in [-0.1, -0.05) is 17.7 Å². The number of nitrogens with zero attached hydrogens (tertiary/aromatic N) is 1. The van der Waals surface area contributed by atoms with Gasteiger partial charge in [0.25, 0.3) is 0 Å². The third-order valence-corrected chi connectivity index (χ3v) is 5.44. The lowest BCUT2D eigenvalue weighted by Gasteiger charge is -2.29. The molecule has 0 aliphatic carbocycles. The third-order valence-electron chi connectivity index (χ3n) is 4.74. The molecule has 1 saturated heterocycles. The van der Waals surface area contributed by atoms with Gasteiger partial charge in [-0.15, -0.1) is 0 Å². The van der Waals surface area contributed by atoms with Crippen LogP contribution in [0.15, 0.2) is 35.0 Å². The molecule has 2 heterocycles. The fraction of sp³-hybridized carbons (Fsp3) is 0.421. The van der Waals surface area contributed by atoms with Gasteiger partial charge in [0.1, 0.15) is 0 Å². The highest BCUT2D eigenvalue weighted by molar-refractivity contribution is 7.07. The molecule has 2 aromatic rings. The van der Waals surface area contributed by atoms with Crippen LogP contribution < -0.4 is 5.32 Å². The standard InChI is InChI=1S/C19H24N2OS/c1-13-6-7-17(14(2)11-13)20-19(22)15(3)21-9-4-5-18(21)16-8-10-23-12-16/h6-8,10-12,15,18H,4-5,9H2,1-3H3,(H,20,22)/t15-,18+/m0/s1. The summed E-state index contributed by atoms with van der Waals surface area (Å²) in [6.07, 6.45) is 2.29. The zero-order valence-electron chi connectivity index (χ0n) is 14.0. The molecule has 1 amide bonds. The molecule has 0 radical (unpaired) electrons. The molecule has 1 aromatic heterocycles. The molecule has 1 N–H and O–H groups in total. The minimum absolute atomic E-state index is 0.0825. The molecule has 1 aromatic carbocycles. The van der Waals surface area contributed by atoms with Gasteiger partial charge in [-0.2, -0.15) is 11.3 Å². The first-order chi connectivity index (χ1) is 11.1. The van der Waals surface area contributed by atoms with Gasteiger partial charge in [-0.25, -0.2) is 0 Å². The second-order valence-electron chi connectivity index (χ2n) is 6.44. The van der Waals surface area contributed by atoms with Crippen molar-refractivity contribution in [2.24, 2.45) is 0 Å². The Morgan fingerprint density at radius 1 is 1.35 bits per heavy atom. The highest BCUT2D eigenvalue weighted by Crippen LogP contribution is 2.34. The summed E-state index contributed by atoms with van der Waals surface area (Å²) < 4.78 is 0. The van der Waals surface area contributed by atoms with Gasteiger partial charge in [0.2, 0.25) is 5.91 Å². The lowest BCUT2D eigenvalue weighted by Crippen LogP contribution is -2.41. The maximum atomic E-state index is 12.7. The second kappa shape index (κ2) is 6.85. The number of likely N-dealkylation sites (tertiary alicyclic amines) is 1. The van der Waals surface area contributed by atoms with Gasteiger partial charge in [-0.3, -0.25) is 9.69 Å².